The first-order valence-corrected chi connectivity index (χ1v) is 5.81. The Morgan fingerprint density at radius 1 is 1.22 bits per heavy atom. The number of likely N-dealkylation sites (N-methyl/N-ethyl adjacent to an activating group) is 1. The van der Waals surface area contributed by atoms with E-state index >= 15 is 0 Å². The van der Waals surface area contributed by atoms with E-state index in [1.54, 1.807) is 0 Å². The van der Waals surface area contributed by atoms with Crippen LogP contribution in [0.1, 0.15) is 17.0 Å². The van der Waals surface area contributed by atoms with Crippen LogP contribution in [0.5, 0.6) is 0 Å². The van der Waals surface area contributed by atoms with Gasteiger partial charge >= 0.3 is 6.18 Å². The number of nitrogens with zero attached hydrogens (tertiary/aromatic N) is 3. The van der Waals surface area contributed by atoms with Crippen LogP contribution < -0.4 is 0 Å². The van der Waals surface area contributed by atoms with Gasteiger partial charge in [-0.15, -0.1) is 0 Å². The second-order valence-corrected chi connectivity index (χ2v) is 4.66. The zero-order chi connectivity index (χ0) is 13.3. The van der Waals surface area contributed by atoms with Gasteiger partial charge in [-0.1, -0.05) is 5.16 Å². The minimum absolute atomic E-state index is 0.0985. The summed E-state index contributed by atoms with van der Waals surface area (Å²) >= 11 is 0. The molecule has 0 aromatic carbocycles. The first-order valence-electron chi connectivity index (χ1n) is 5.81. The molecule has 1 saturated heterocycles. The lowest BCUT2D eigenvalue weighted by Gasteiger charge is -2.31. The largest absolute Gasteiger partial charge is 0.437 e. The van der Waals surface area contributed by atoms with Crippen LogP contribution in [-0.4, -0.2) is 48.2 Å². The van der Waals surface area contributed by atoms with E-state index in [1.165, 1.54) is 6.92 Å². The minimum Gasteiger partial charge on any atom is -0.359 e. The Bertz CT molecular complexity index is 408. The van der Waals surface area contributed by atoms with Crippen LogP contribution >= 0.6 is 0 Å². The highest BCUT2D eigenvalue weighted by molar-refractivity contribution is 5.23. The molecule has 1 fully saturated rings. The summed E-state index contributed by atoms with van der Waals surface area (Å²) in [6.07, 6.45) is -4.44. The monoisotopic (exact) mass is 263 g/mol. The van der Waals surface area contributed by atoms with Gasteiger partial charge in [0.1, 0.15) is 0 Å². The number of alkyl halides is 3. The molecule has 18 heavy (non-hydrogen) atoms. The normalized spacial score (nSPS) is 19.4. The molecule has 0 spiro atoms. The summed E-state index contributed by atoms with van der Waals surface area (Å²) in [7, 11) is 2.03. The molecule has 7 heteroatoms. The summed E-state index contributed by atoms with van der Waals surface area (Å²) in [5.74, 6) is 0.312. The van der Waals surface area contributed by atoms with Crippen molar-refractivity contribution in [2.45, 2.75) is 19.6 Å². The Morgan fingerprint density at radius 3 is 2.33 bits per heavy atom. The molecular formula is C11H16F3N3O. The van der Waals surface area contributed by atoms with E-state index in [9.17, 15) is 13.2 Å². The second-order valence-electron chi connectivity index (χ2n) is 4.66. The number of halogens is 3. The first kappa shape index (κ1) is 13.4. The Balaban J connectivity index is 2.04. The molecule has 102 valence electrons. The van der Waals surface area contributed by atoms with Crippen LogP contribution in [-0.2, 0) is 12.7 Å². The summed E-state index contributed by atoms with van der Waals surface area (Å²) in [6, 6.07) is 0. The molecule has 2 heterocycles. The lowest BCUT2D eigenvalue weighted by molar-refractivity contribution is -0.143. The number of aromatic nitrogens is 1. The van der Waals surface area contributed by atoms with Gasteiger partial charge < -0.3 is 9.42 Å². The number of piperazine rings is 1. The van der Waals surface area contributed by atoms with Crippen LogP contribution in [0.4, 0.5) is 13.2 Å². The molecule has 0 N–H and O–H groups in total. The molecule has 0 saturated carbocycles. The van der Waals surface area contributed by atoms with Gasteiger partial charge in [0, 0.05) is 31.7 Å². The Kier molecular flexibility index (Phi) is 3.63. The van der Waals surface area contributed by atoms with E-state index < -0.39 is 11.9 Å². The van der Waals surface area contributed by atoms with Crippen molar-refractivity contribution in [1.29, 1.82) is 0 Å². The zero-order valence-corrected chi connectivity index (χ0v) is 10.4. The second kappa shape index (κ2) is 4.89. The minimum atomic E-state index is -4.44. The van der Waals surface area contributed by atoms with Crippen LogP contribution in [0, 0.1) is 6.92 Å². The maximum atomic E-state index is 12.5. The van der Waals surface area contributed by atoms with Crippen molar-refractivity contribution >= 4 is 0 Å². The van der Waals surface area contributed by atoms with Crippen LogP contribution in [0.25, 0.3) is 0 Å². The van der Waals surface area contributed by atoms with Gasteiger partial charge in [0.05, 0.1) is 6.54 Å². The molecule has 2 rings (SSSR count). The topological polar surface area (TPSA) is 32.5 Å². The molecule has 0 radical (unpaired) electrons. The van der Waals surface area contributed by atoms with Crippen molar-refractivity contribution in [3.05, 3.63) is 17.0 Å². The summed E-state index contributed by atoms with van der Waals surface area (Å²) < 4.78 is 42.5. The Hall–Kier alpha value is -1.08. The smallest absolute Gasteiger partial charge is 0.359 e. The van der Waals surface area contributed by atoms with Gasteiger partial charge in [-0.3, -0.25) is 4.90 Å². The summed E-state index contributed by atoms with van der Waals surface area (Å²) in [5.41, 5.74) is -0.812. The molecule has 1 aliphatic rings. The van der Waals surface area contributed by atoms with Crippen molar-refractivity contribution < 1.29 is 17.7 Å². The maximum Gasteiger partial charge on any atom is 0.437 e. The standard InChI is InChI=1S/C11H16F3N3O/c1-8-9(18-15-10(8)11(12,13)14)7-17-5-3-16(2)4-6-17/h3-7H2,1-2H3. The highest BCUT2D eigenvalue weighted by atomic mass is 19.4. The molecule has 0 unspecified atom stereocenters. The number of hydrogen-bond donors (Lipinski definition) is 0. The molecular weight excluding hydrogens is 247 g/mol. The fraction of sp³-hybridized carbons (Fsp3) is 0.727. The van der Waals surface area contributed by atoms with Crippen molar-refractivity contribution in [3.8, 4) is 0 Å². The lowest BCUT2D eigenvalue weighted by Crippen LogP contribution is -2.43. The molecule has 0 aliphatic carbocycles. The van der Waals surface area contributed by atoms with E-state index in [0.29, 0.717) is 12.3 Å². The molecule has 4 nitrogen and oxygen atoms in total. The summed E-state index contributed by atoms with van der Waals surface area (Å²) in [6.45, 7) is 5.29. The summed E-state index contributed by atoms with van der Waals surface area (Å²) in [5, 5.41) is 3.13. The number of hydrogen-bond acceptors (Lipinski definition) is 4. The zero-order valence-electron chi connectivity index (χ0n) is 10.4. The van der Waals surface area contributed by atoms with Gasteiger partial charge in [-0.2, -0.15) is 13.2 Å². The third-order valence-corrected chi connectivity index (χ3v) is 3.25. The summed E-state index contributed by atoms with van der Waals surface area (Å²) in [4.78, 5) is 4.26. The van der Waals surface area contributed by atoms with Gasteiger partial charge in [0.15, 0.2) is 11.5 Å². The highest BCUT2D eigenvalue weighted by Crippen LogP contribution is 2.32. The van der Waals surface area contributed by atoms with Crippen molar-refractivity contribution in [2.24, 2.45) is 0 Å². The lowest BCUT2D eigenvalue weighted by atomic mass is 10.2. The van der Waals surface area contributed by atoms with Gasteiger partial charge in [0.2, 0.25) is 0 Å². The Morgan fingerprint density at radius 2 is 1.83 bits per heavy atom. The van der Waals surface area contributed by atoms with Crippen LogP contribution in [0.3, 0.4) is 0 Å². The van der Waals surface area contributed by atoms with Crippen molar-refractivity contribution in [2.75, 3.05) is 33.2 Å². The predicted octanol–water partition coefficient (Wildman–Crippen LogP) is 1.75. The fourth-order valence-electron chi connectivity index (χ4n) is 1.99. The van der Waals surface area contributed by atoms with Gasteiger partial charge in [0.25, 0.3) is 0 Å². The molecule has 0 atom stereocenters. The maximum absolute atomic E-state index is 12.5. The molecule has 1 aromatic rings. The average molecular weight is 263 g/mol. The van der Waals surface area contributed by atoms with Crippen LogP contribution in [0.15, 0.2) is 4.52 Å². The highest BCUT2D eigenvalue weighted by Gasteiger charge is 2.38. The third kappa shape index (κ3) is 2.84. The third-order valence-electron chi connectivity index (χ3n) is 3.25. The van der Waals surface area contributed by atoms with Gasteiger partial charge in [-0.05, 0) is 14.0 Å². The van der Waals surface area contributed by atoms with Crippen molar-refractivity contribution in [3.63, 3.8) is 0 Å². The van der Waals surface area contributed by atoms with Crippen molar-refractivity contribution in [1.82, 2.24) is 15.0 Å². The van der Waals surface area contributed by atoms with E-state index in [0.717, 1.165) is 26.2 Å². The molecule has 0 amide bonds. The Labute approximate surface area is 103 Å². The molecule has 1 aromatic heterocycles. The molecule has 1 aliphatic heterocycles. The quantitative estimate of drug-likeness (QED) is 0.813. The van der Waals surface area contributed by atoms with E-state index in [4.69, 9.17) is 4.52 Å². The SMILES string of the molecule is Cc1c(C(F)(F)F)noc1CN1CCN(C)CC1. The number of rotatable bonds is 2. The molecule has 0 bridgehead atoms. The van der Waals surface area contributed by atoms with E-state index in [-0.39, 0.29) is 5.56 Å². The fourth-order valence-corrected chi connectivity index (χ4v) is 1.99. The van der Waals surface area contributed by atoms with E-state index in [1.807, 2.05) is 7.05 Å². The first-order chi connectivity index (χ1) is 8.38. The van der Waals surface area contributed by atoms with E-state index in [2.05, 4.69) is 15.0 Å². The average Bonchev–Trinajstić information content (AvgIpc) is 2.63. The predicted molar refractivity (Wildman–Crippen MR) is 59.0 cm³/mol. The van der Waals surface area contributed by atoms with Gasteiger partial charge in [-0.25, -0.2) is 0 Å². The van der Waals surface area contributed by atoms with Crippen LogP contribution in [0.2, 0.25) is 0 Å².